The van der Waals surface area contributed by atoms with Crippen LogP contribution in [0.25, 0.3) is 10.8 Å². The molecule has 1 N–H and O–H groups in total. The fraction of sp³-hybridized carbons (Fsp3) is 0.261. The number of fused-ring (bicyclic) bond motifs is 1. The zero-order valence-electron chi connectivity index (χ0n) is 16.8. The molecule has 0 saturated carbocycles. The zero-order chi connectivity index (χ0) is 20.9. The Bertz CT molecular complexity index is 1090. The lowest BCUT2D eigenvalue weighted by molar-refractivity contribution is -0.120. The van der Waals surface area contributed by atoms with Gasteiger partial charge < -0.3 is 5.32 Å². The molecule has 0 atom stereocenters. The molecule has 0 unspecified atom stereocenters. The van der Waals surface area contributed by atoms with E-state index in [9.17, 15) is 13.2 Å². The number of nitrogens with zero attached hydrogens (tertiary/aromatic N) is 1. The topological polar surface area (TPSA) is 66.5 Å². The van der Waals surface area contributed by atoms with E-state index < -0.39 is 10.0 Å². The Labute approximate surface area is 172 Å². The Balaban J connectivity index is 1.60. The number of carbonyl (C=O) groups excluding carboxylic acids is 1. The minimum atomic E-state index is -3.46. The van der Waals surface area contributed by atoms with Gasteiger partial charge in [-0.25, -0.2) is 8.42 Å². The first kappa shape index (κ1) is 21.0. The first-order valence-electron chi connectivity index (χ1n) is 9.77. The van der Waals surface area contributed by atoms with E-state index in [0.29, 0.717) is 26.1 Å². The number of sulfonamides is 1. The molecule has 1 amide bonds. The van der Waals surface area contributed by atoms with Crippen molar-refractivity contribution < 1.29 is 13.2 Å². The van der Waals surface area contributed by atoms with Gasteiger partial charge in [-0.05, 0) is 34.0 Å². The van der Waals surface area contributed by atoms with Crippen LogP contribution in [0, 0.1) is 0 Å². The fourth-order valence-corrected chi connectivity index (χ4v) is 4.75. The lowest BCUT2D eigenvalue weighted by atomic mass is 10.0. The van der Waals surface area contributed by atoms with Crippen LogP contribution in [0.5, 0.6) is 0 Å². The van der Waals surface area contributed by atoms with Crippen LogP contribution in [-0.4, -0.2) is 31.7 Å². The average molecular weight is 411 g/mol. The predicted octanol–water partition coefficient (Wildman–Crippen LogP) is 3.73. The fourth-order valence-electron chi connectivity index (χ4n) is 3.29. The first-order valence-corrected chi connectivity index (χ1v) is 11.2. The summed E-state index contributed by atoms with van der Waals surface area (Å²) in [6.07, 6.45) is 0.305. The van der Waals surface area contributed by atoms with Crippen LogP contribution >= 0.6 is 0 Å². The van der Waals surface area contributed by atoms with Gasteiger partial charge in [0.05, 0.1) is 11.3 Å². The lowest BCUT2D eigenvalue weighted by Gasteiger charge is -2.18. The summed E-state index contributed by atoms with van der Waals surface area (Å²) in [7, 11) is -3.46. The van der Waals surface area contributed by atoms with Gasteiger partial charge in [0.2, 0.25) is 15.9 Å². The number of hydrogen-bond donors (Lipinski definition) is 1. The molecule has 0 aliphatic carbocycles. The predicted molar refractivity (Wildman–Crippen MR) is 116 cm³/mol. The van der Waals surface area contributed by atoms with Gasteiger partial charge in [0, 0.05) is 19.6 Å². The molecule has 0 spiro atoms. The van der Waals surface area contributed by atoms with E-state index >= 15 is 0 Å². The second-order valence-electron chi connectivity index (χ2n) is 6.87. The SMILES string of the molecule is CCN(CC)S(=O)(=O)c1ccc(CNC(=O)Cc2ccc3ccccc3c2)cc1. The summed E-state index contributed by atoms with van der Waals surface area (Å²) in [6, 6.07) is 20.7. The highest BCUT2D eigenvalue weighted by Gasteiger charge is 2.21. The maximum atomic E-state index is 12.5. The van der Waals surface area contributed by atoms with Crippen molar-refractivity contribution in [2.45, 2.75) is 31.7 Å². The van der Waals surface area contributed by atoms with Crippen molar-refractivity contribution >= 4 is 26.7 Å². The van der Waals surface area contributed by atoms with Crippen molar-refractivity contribution in [3.05, 3.63) is 77.9 Å². The van der Waals surface area contributed by atoms with Gasteiger partial charge in [-0.1, -0.05) is 68.4 Å². The molecule has 29 heavy (non-hydrogen) atoms. The van der Waals surface area contributed by atoms with Gasteiger partial charge in [-0.2, -0.15) is 4.31 Å². The number of nitrogens with one attached hydrogen (secondary N) is 1. The molecule has 0 aliphatic rings. The van der Waals surface area contributed by atoms with Crippen molar-refractivity contribution in [3.63, 3.8) is 0 Å². The van der Waals surface area contributed by atoms with Gasteiger partial charge in [0.25, 0.3) is 0 Å². The standard InChI is InChI=1S/C23H26N2O3S/c1-3-25(4-2)29(27,28)22-13-10-18(11-14-22)17-24-23(26)16-19-9-12-20-7-5-6-8-21(20)15-19/h5-15H,3-4,16-17H2,1-2H3,(H,24,26). The highest BCUT2D eigenvalue weighted by atomic mass is 32.2. The van der Waals surface area contributed by atoms with E-state index in [1.54, 1.807) is 24.3 Å². The van der Waals surface area contributed by atoms with Crippen molar-refractivity contribution in [1.29, 1.82) is 0 Å². The highest BCUT2D eigenvalue weighted by molar-refractivity contribution is 7.89. The lowest BCUT2D eigenvalue weighted by Crippen LogP contribution is -2.30. The summed E-state index contributed by atoms with van der Waals surface area (Å²) >= 11 is 0. The molecule has 0 aliphatic heterocycles. The van der Waals surface area contributed by atoms with Crippen molar-refractivity contribution in [2.75, 3.05) is 13.1 Å². The Morgan fingerprint density at radius 1 is 0.862 bits per heavy atom. The van der Waals surface area contributed by atoms with Crippen molar-refractivity contribution in [1.82, 2.24) is 9.62 Å². The number of amides is 1. The van der Waals surface area contributed by atoms with Crippen molar-refractivity contribution in [2.24, 2.45) is 0 Å². The summed E-state index contributed by atoms with van der Waals surface area (Å²) in [5.74, 6) is -0.0693. The molecule has 0 radical (unpaired) electrons. The Morgan fingerprint density at radius 3 is 2.14 bits per heavy atom. The molecule has 3 aromatic carbocycles. The molecule has 5 nitrogen and oxygen atoms in total. The minimum absolute atomic E-state index is 0.0693. The third-order valence-corrected chi connectivity index (χ3v) is 7.00. The molecule has 152 valence electrons. The van der Waals surface area contributed by atoms with Gasteiger partial charge in [0.15, 0.2) is 0 Å². The second kappa shape index (κ2) is 9.20. The Hall–Kier alpha value is -2.70. The summed E-state index contributed by atoms with van der Waals surface area (Å²) in [4.78, 5) is 12.6. The quantitative estimate of drug-likeness (QED) is 0.615. The number of carbonyl (C=O) groups is 1. The van der Waals surface area contributed by atoms with E-state index in [1.165, 1.54) is 4.31 Å². The van der Waals surface area contributed by atoms with Gasteiger partial charge in [0.1, 0.15) is 0 Å². The third kappa shape index (κ3) is 5.02. The van der Waals surface area contributed by atoms with E-state index in [4.69, 9.17) is 0 Å². The van der Waals surface area contributed by atoms with Crippen LogP contribution in [0.3, 0.4) is 0 Å². The summed E-state index contributed by atoms with van der Waals surface area (Å²) in [5.41, 5.74) is 1.82. The van der Waals surface area contributed by atoms with Gasteiger partial charge >= 0.3 is 0 Å². The summed E-state index contributed by atoms with van der Waals surface area (Å²) in [5, 5.41) is 5.16. The number of hydrogen-bond acceptors (Lipinski definition) is 3. The van der Waals surface area contributed by atoms with E-state index in [1.807, 2.05) is 56.3 Å². The molecule has 0 heterocycles. The molecule has 0 fully saturated rings. The smallest absolute Gasteiger partial charge is 0.243 e. The first-order chi connectivity index (χ1) is 13.9. The monoisotopic (exact) mass is 410 g/mol. The van der Waals surface area contributed by atoms with Crippen LogP contribution < -0.4 is 5.32 Å². The Morgan fingerprint density at radius 2 is 1.48 bits per heavy atom. The van der Waals surface area contributed by atoms with Crippen LogP contribution in [0.4, 0.5) is 0 Å². The van der Waals surface area contributed by atoms with Crippen LogP contribution in [0.15, 0.2) is 71.6 Å². The van der Waals surface area contributed by atoms with Crippen molar-refractivity contribution in [3.8, 4) is 0 Å². The van der Waals surface area contributed by atoms with Crippen LogP contribution in [-0.2, 0) is 27.8 Å². The Kier molecular flexibility index (Phi) is 6.67. The molecule has 3 rings (SSSR count). The molecule has 3 aromatic rings. The minimum Gasteiger partial charge on any atom is -0.352 e. The molecule has 0 bridgehead atoms. The van der Waals surface area contributed by atoms with Gasteiger partial charge in [-0.15, -0.1) is 0 Å². The summed E-state index contributed by atoms with van der Waals surface area (Å²) < 4.78 is 26.5. The maximum Gasteiger partial charge on any atom is 0.243 e. The maximum absolute atomic E-state index is 12.5. The largest absolute Gasteiger partial charge is 0.352 e. The summed E-state index contributed by atoms with van der Waals surface area (Å²) in [6.45, 7) is 4.87. The van der Waals surface area contributed by atoms with Crippen LogP contribution in [0.2, 0.25) is 0 Å². The molecule has 0 saturated heterocycles. The van der Waals surface area contributed by atoms with E-state index in [0.717, 1.165) is 21.9 Å². The normalized spacial score (nSPS) is 11.7. The van der Waals surface area contributed by atoms with E-state index in [-0.39, 0.29) is 10.8 Å². The molecular formula is C23H26N2O3S. The second-order valence-corrected chi connectivity index (χ2v) is 8.81. The number of rotatable bonds is 8. The molecule has 0 aromatic heterocycles. The zero-order valence-corrected chi connectivity index (χ0v) is 17.6. The third-order valence-electron chi connectivity index (χ3n) is 4.93. The highest BCUT2D eigenvalue weighted by Crippen LogP contribution is 2.17. The molecule has 6 heteroatoms. The molecular weight excluding hydrogens is 384 g/mol. The average Bonchev–Trinajstić information content (AvgIpc) is 2.73. The number of benzene rings is 3. The van der Waals surface area contributed by atoms with Crippen LogP contribution in [0.1, 0.15) is 25.0 Å². The van der Waals surface area contributed by atoms with Gasteiger partial charge in [-0.3, -0.25) is 4.79 Å². The van der Waals surface area contributed by atoms with E-state index in [2.05, 4.69) is 5.32 Å².